The molecule has 0 aliphatic rings. The summed E-state index contributed by atoms with van der Waals surface area (Å²) in [5, 5.41) is 6.32. The number of ether oxygens (including phenoxy) is 1. The molecular weight excluding hydrogens is 344 g/mol. The minimum absolute atomic E-state index is 0.0153. The van der Waals surface area contributed by atoms with Gasteiger partial charge in [0.15, 0.2) is 6.61 Å². The second kappa shape index (κ2) is 7.47. The maximum Gasteiger partial charge on any atom is 0.258 e. The van der Waals surface area contributed by atoms with E-state index in [0.717, 1.165) is 15.8 Å². The summed E-state index contributed by atoms with van der Waals surface area (Å²) in [4.78, 5) is 11.9. The van der Waals surface area contributed by atoms with Gasteiger partial charge in [0.1, 0.15) is 5.75 Å². The molecule has 1 aromatic rings. The Labute approximate surface area is 142 Å². The lowest BCUT2D eigenvalue weighted by Crippen LogP contribution is -2.43. The van der Waals surface area contributed by atoms with Gasteiger partial charge in [-0.25, -0.2) is 0 Å². The third-order valence-electron chi connectivity index (χ3n) is 2.70. The minimum Gasteiger partial charge on any atom is -0.483 e. The van der Waals surface area contributed by atoms with Crippen LogP contribution in [0.1, 0.15) is 47.1 Å². The Balaban J connectivity index is 2.71. The number of carbonyl (C=O) groups excluding carboxylic acids is 1. The maximum atomic E-state index is 11.9. The van der Waals surface area contributed by atoms with Crippen LogP contribution in [0.25, 0.3) is 0 Å². The summed E-state index contributed by atoms with van der Waals surface area (Å²) in [5.41, 5.74) is 0.785. The molecule has 0 heterocycles. The van der Waals surface area contributed by atoms with Gasteiger partial charge in [-0.3, -0.25) is 4.79 Å². The van der Waals surface area contributed by atoms with Crippen LogP contribution in [0.4, 0.5) is 0 Å². The van der Waals surface area contributed by atoms with Gasteiger partial charge in [0.05, 0.1) is 0 Å². The van der Waals surface area contributed by atoms with Gasteiger partial charge in [0.2, 0.25) is 0 Å². The predicted octanol–water partition coefficient (Wildman–Crippen LogP) is 3.63. The monoisotopic (exact) mass is 370 g/mol. The molecule has 0 aliphatic heterocycles. The number of rotatable bonds is 5. The van der Waals surface area contributed by atoms with E-state index >= 15 is 0 Å². The van der Waals surface area contributed by atoms with Crippen LogP contribution >= 0.6 is 15.9 Å². The molecule has 0 radical (unpaired) electrons. The highest BCUT2D eigenvalue weighted by atomic mass is 79.9. The van der Waals surface area contributed by atoms with Crippen molar-refractivity contribution >= 4 is 21.8 Å². The van der Waals surface area contributed by atoms with Crippen molar-refractivity contribution in [1.82, 2.24) is 10.6 Å². The summed E-state index contributed by atoms with van der Waals surface area (Å²) < 4.78 is 6.68. The Bertz CT molecular complexity index is 516. The number of carbonyl (C=O) groups is 1. The standard InChI is InChI=1S/C17H27BrN2O2/c1-16(2,3)19-10-12-9-13(18)7-8-14(12)22-11-15(21)20-17(4,5)6/h7-9,19H,10-11H2,1-6H3,(H,20,21). The molecule has 0 fully saturated rings. The number of hydrogen-bond donors (Lipinski definition) is 2. The third-order valence-corrected chi connectivity index (χ3v) is 3.20. The van der Waals surface area contributed by atoms with Crippen LogP contribution in [0, 0.1) is 0 Å². The zero-order chi connectivity index (χ0) is 17.0. The molecule has 22 heavy (non-hydrogen) atoms. The van der Waals surface area contributed by atoms with E-state index in [1.54, 1.807) is 0 Å². The molecule has 0 aromatic heterocycles. The Hall–Kier alpha value is -1.07. The van der Waals surface area contributed by atoms with Crippen molar-refractivity contribution in [3.05, 3.63) is 28.2 Å². The summed E-state index contributed by atoms with van der Waals surface area (Å²) in [6.45, 7) is 12.9. The Morgan fingerprint density at radius 2 is 1.77 bits per heavy atom. The van der Waals surface area contributed by atoms with E-state index in [-0.39, 0.29) is 23.6 Å². The van der Waals surface area contributed by atoms with E-state index in [9.17, 15) is 4.79 Å². The molecule has 0 spiro atoms. The van der Waals surface area contributed by atoms with Gasteiger partial charge in [-0.2, -0.15) is 0 Å². The average Bonchev–Trinajstić information content (AvgIpc) is 2.32. The fraction of sp³-hybridized carbons (Fsp3) is 0.588. The van der Waals surface area contributed by atoms with Crippen molar-refractivity contribution < 1.29 is 9.53 Å². The highest BCUT2D eigenvalue weighted by Crippen LogP contribution is 2.24. The number of hydrogen-bond acceptors (Lipinski definition) is 3. The summed E-state index contributed by atoms with van der Waals surface area (Å²) >= 11 is 3.47. The minimum atomic E-state index is -0.253. The van der Waals surface area contributed by atoms with Crippen molar-refractivity contribution in [1.29, 1.82) is 0 Å². The number of benzene rings is 1. The first-order chi connectivity index (χ1) is 9.96. The van der Waals surface area contributed by atoms with Crippen molar-refractivity contribution in [2.45, 2.75) is 59.2 Å². The highest BCUT2D eigenvalue weighted by molar-refractivity contribution is 9.10. The van der Waals surface area contributed by atoms with Gasteiger partial charge in [-0.1, -0.05) is 15.9 Å². The van der Waals surface area contributed by atoms with Crippen LogP contribution in [0.15, 0.2) is 22.7 Å². The van der Waals surface area contributed by atoms with Crippen LogP contribution in [0.5, 0.6) is 5.75 Å². The lowest BCUT2D eigenvalue weighted by atomic mass is 10.1. The molecular formula is C17H27BrN2O2. The first-order valence-corrected chi connectivity index (χ1v) is 8.23. The summed E-state index contributed by atoms with van der Waals surface area (Å²) in [6.07, 6.45) is 0. The predicted molar refractivity (Wildman–Crippen MR) is 94.1 cm³/mol. The molecule has 0 unspecified atom stereocenters. The lowest BCUT2D eigenvalue weighted by Gasteiger charge is -2.23. The third kappa shape index (κ3) is 7.80. The van der Waals surface area contributed by atoms with Gasteiger partial charge in [-0.05, 0) is 59.7 Å². The molecule has 0 aliphatic carbocycles. The van der Waals surface area contributed by atoms with Crippen LogP contribution in [0.2, 0.25) is 0 Å². The molecule has 1 amide bonds. The SMILES string of the molecule is CC(C)(C)NCc1cc(Br)ccc1OCC(=O)NC(C)(C)C. The van der Waals surface area contributed by atoms with Crippen molar-refractivity contribution in [3.8, 4) is 5.75 Å². The van der Waals surface area contributed by atoms with Gasteiger partial charge in [0, 0.05) is 27.7 Å². The van der Waals surface area contributed by atoms with E-state index < -0.39 is 0 Å². The first kappa shape index (κ1) is 19.0. The molecule has 0 bridgehead atoms. The van der Waals surface area contributed by atoms with E-state index in [4.69, 9.17) is 4.74 Å². The van der Waals surface area contributed by atoms with Crippen LogP contribution in [-0.4, -0.2) is 23.6 Å². The normalized spacial score (nSPS) is 12.1. The molecule has 0 saturated heterocycles. The van der Waals surface area contributed by atoms with Crippen molar-refractivity contribution in [2.24, 2.45) is 0 Å². The molecule has 5 heteroatoms. The molecule has 1 aromatic carbocycles. The number of nitrogens with one attached hydrogen (secondary N) is 2. The quantitative estimate of drug-likeness (QED) is 0.831. The molecule has 4 nitrogen and oxygen atoms in total. The summed E-state index contributed by atoms with van der Waals surface area (Å²) in [7, 11) is 0. The maximum absolute atomic E-state index is 11.9. The van der Waals surface area contributed by atoms with Crippen molar-refractivity contribution in [2.75, 3.05) is 6.61 Å². The van der Waals surface area contributed by atoms with E-state index in [1.807, 2.05) is 39.0 Å². The highest BCUT2D eigenvalue weighted by Gasteiger charge is 2.15. The Morgan fingerprint density at radius 1 is 1.14 bits per heavy atom. The lowest BCUT2D eigenvalue weighted by molar-refractivity contribution is -0.124. The molecule has 124 valence electrons. The Morgan fingerprint density at radius 3 is 2.32 bits per heavy atom. The largest absolute Gasteiger partial charge is 0.483 e. The van der Waals surface area contributed by atoms with Gasteiger partial charge in [-0.15, -0.1) is 0 Å². The molecule has 0 atom stereocenters. The fourth-order valence-corrected chi connectivity index (χ4v) is 2.19. The fourth-order valence-electron chi connectivity index (χ4n) is 1.79. The number of amides is 1. The van der Waals surface area contributed by atoms with Crippen molar-refractivity contribution in [3.63, 3.8) is 0 Å². The van der Waals surface area contributed by atoms with Gasteiger partial charge >= 0.3 is 0 Å². The summed E-state index contributed by atoms with van der Waals surface area (Å²) in [5.74, 6) is 0.606. The van der Waals surface area contributed by atoms with Crippen LogP contribution in [0.3, 0.4) is 0 Å². The first-order valence-electron chi connectivity index (χ1n) is 7.43. The van der Waals surface area contributed by atoms with Crippen LogP contribution < -0.4 is 15.4 Å². The van der Waals surface area contributed by atoms with E-state index in [2.05, 4.69) is 47.3 Å². The Kier molecular flexibility index (Phi) is 6.44. The van der Waals surface area contributed by atoms with Gasteiger partial charge < -0.3 is 15.4 Å². The van der Waals surface area contributed by atoms with E-state index in [1.165, 1.54) is 0 Å². The average molecular weight is 371 g/mol. The zero-order valence-corrected chi connectivity index (χ0v) is 15.9. The smallest absolute Gasteiger partial charge is 0.258 e. The van der Waals surface area contributed by atoms with Gasteiger partial charge in [0.25, 0.3) is 5.91 Å². The topological polar surface area (TPSA) is 50.4 Å². The van der Waals surface area contributed by atoms with Crippen LogP contribution in [-0.2, 0) is 11.3 Å². The molecule has 0 saturated carbocycles. The second-order valence-electron chi connectivity index (χ2n) is 7.44. The van der Waals surface area contributed by atoms with E-state index in [0.29, 0.717) is 6.54 Å². The second-order valence-corrected chi connectivity index (χ2v) is 8.36. The molecule has 1 rings (SSSR count). The summed E-state index contributed by atoms with van der Waals surface area (Å²) in [6, 6.07) is 5.81. The molecule has 2 N–H and O–H groups in total. The number of halogens is 1. The zero-order valence-electron chi connectivity index (χ0n) is 14.3.